The Morgan fingerprint density at radius 3 is 3.00 bits per heavy atom. The maximum Gasteiger partial charge on any atom is 0.165 e. The molecule has 20 heavy (non-hydrogen) atoms. The van der Waals surface area contributed by atoms with E-state index < -0.39 is 11.6 Å². The molecule has 2 rings (SSSR count). The summed E-state index contributed by atoms with van der Waals surface area (Å²) >= 11 is 0. The van der Waals surface area contributed by atoms with E-state index in [1.165, 1.54) is 0 Å². The van der Waals surface area contributed by atoms with Crippen molar-refractivity contribution in [2.24, 2.45) is 5.92 Å². The van der Waals surface area contributed by atoms with Crippen molar-refractivity contribution in [2.45, 2.75) is 25.8 Å². The van der Waals surface area contributed by atoms with E-state index in [9.17, 15) is 8.78 Å². The average molecular weight is 285 g/mol. The van der Waals surface area contributed by atoms with E-state index in [0.29, 0.717) is 19.1 Å². The molecular formula is C15H21F2NO2. The van der Waals surface area contributed by atoms with Gasteiger partial charge in [0.05, 0.1) is 6.61 Å². The van der Waals surface area contributed by atoms with Crippen molar-refractivity contribution in [3.63, 3.8) is 0 Å². The van der Waals surface area contributed by atoms with Gasteiger partial charge in [0.15, 0.2) is 11.6 Å². The van der Waals surface area contributed by atoms with Crippen molar-refractivity contribution in [3.8, 4) is 5.75 Å². The monoisotopic (exact) mass is 285 g/mol. The van der Waals surface area contributed by atoms with Crippen molar-refractivity contribution in [1.29, 1.82) is 0 Å². The van der Waals surface area contributed by atoms with E-state index in [-0.39, 0.29) is 11.8 Å². The van der Waals surface area contributed by atoms with Gasteiger partial charge < -0.3 is 14.8 Å². The minimum Gasteiger partial charge on any atom is -0.489 e. The molecular weight excluding hydrogens is 264 g/mol. The standard InChI is InChI=1S/C15H21F2NO2/c1-2-6-18-14(11-5-7-19-9-11)10-20-15-8-12(16)3-4-13(15)17/h3-4,8,11,14,18H,2,5-7,9-10H2,1H3. The number of benzene rings is 1. The van der Waals surface area contributed by atoms with Crippen LogP contribution in [0.4, 0.5) is 8.78 Å². The smallest absolute Gasteiger partial charge is 0.165 e. The van der Waals surface area contributed by atoms with Crippen molar-refractivity contribution in [3.05, 3.63) is 29.8 Å². The number of rotatable bonds is 7. The van der Waals surface area contributed by atoms with E-state index in [1.807, 2.05) is 0 Å². The lowest BCUT2D eigenvalue weighted by atomic mass is 9.99. The fourth-order valence-corrected chi connectivity index (χ4v) is 2.33. The Balaban J connectivity index is 1.94. The lowest BCUT2D eigenvalue weighted by molar-refractivity contribution is 0.158. The van der Waals surface area contributed by atoms with Crippen LogP contribution in [0.25, 0.3) is 0 Å². The molecule has 1 fully saturated rings. The Labute approximate surface area is 118 Å². The molecule has 0 amide bonds. The SMILES string of the molecule is CCCNC(COc1cc(F)ccc1F)C1CCOC1. The summed E-state index contributed by atoms with van der Waals surface area (Å²) in [6.07, 6.45) is 1.98. The van der Waals surface area contributed by atoms with Gasteiger partial charge in [-0.1, -0.05) is 6.92 Å². The Bertz CT molecular complexity index is 422. The topological polar surface area (TPSA) is 30.5 Å². The first-order valence-electron chi connectivity index (χ1n) is 7.09. The van der Waals surface area contributed by atoms with Crippen molar-refractivity contribution in [1.82, 2.24) is 5.32 Å². The van der Waals surface area contributed by atoms with Crippen LogP contribution < -0.4 is 10.1 Å². The summed E-state index contributed by atoms with van der Waals surface area (Å²) in [4.78, 5) is 0. The summed E-state index contributed by atoms with van der Waals surface area (Å²) in [7, 11) is 0. The molecule has 0 saturated carbocycles. The minimum atomic E-state index is -0.539. The minimum absolute atomic E-state index is 0.0350. The van der Waals surface area contributed by atoms with Crippen LogP contribution >= 0.6 is 0 Å². The molecule has 1 N–H and O–H groups in total. The van der Waals surface area contributed by atoms with Gasteiger partial charge >= 0.3 is 0 Å². The summed E-state index contributed by atoms with van der Waals surface area (Å²) in [5, 5.41) is 3.39. The molecule has 1 aliphatic rings. The third-order valence-electron chi connectivity index (χ3n) is 3.50. The Kier molecular flexibility index (Phi) is 5.73. The van der Waals surface area contributed by atoms with Crippen LogP contribution in [0, 0.1) is 17.6 Å². The molecule has 112 valence electrons. The zero-order chi connectivity index (χ0) is 14.4. The highest BCUT2D eigenvalue weighted by Crippen LogP contribution is 2.21. The Hall–Kier alpha value is -1.20. The molecule has 0 radical (unpaired) electrons. The highest BCUT2D eigenvalue weighted by atomic mass is 19.1. The largest absolute Gasteiger partial charge is 0.489 e. The molecule has 1 saturated heterocycles. The van der Waals surface area contributed by atoms with E-state index >= 15 is 0 Å². The highest BCUT2D eigenvalue weighted by Gasteiger charge is 2.26. The van der Waals surface area contributed by atoms with E-state index in [1.54, 1.807) is 0 Å². The summed E-state index contributed by atoms with van der Waals surface area (Å²) in [5.74, 6) is -0.711. The van der Waals surface area contributed by atoms with Gasteiger partial charge in [0, 0.05) is 24.6 Å². The summed E-state index contributed by atoms with van der Waals surface area (Å²) in [6.45, 7) is 4.71. The van der Waals surface area contributed by atoms with E-state index in [4.69, 9.17) is 9.47 Å². The van der Waals surface area contributed by atoms with Gasteiger partial charge in [0.25, 0.3) is 0 Å². The van der Waals surface area contributed by atoms with Gasteiger partial charge in [-0.2, -0.15) is 0 Å². The van der Waals surface area contributed by atoms with Gasteiger partial charge in [-0.3, -0.25) is 0 Å². The molecule has 0 spiro atoms. The maximum atomic E-state index is 13.5. The molecule has 1 aliphatic heterocycles. The summed E-state index contributed by atoms with van der Waals surface area (Å²) in [6, 6.07) is 3.34. The summed E-state index contributed by atoms with van der Waals surface area (Å²) in [5.41, 5.74) is 0. The first-order chi connectivity index (χ1) is 9.70. The predicted octanol–water partition coefficient (Wildman–Crippen LogP) is 2.75. The number of halogens is 2. The first kappa shape index (κ1) is 15.2. The number of ether oxygens (including phenoxy) is 2. The second-order valence-corrected chi connectivity index (χ2v) is 5.07. The normalized spacial score (nSPS) is 20.1. The van der Waals surface area contributed by atoms with Crippen LogP contribution in [-0.2, 0) is 4.74 Å². The number of hydrogen-bond donors (Lipinski definition) is 1. The molecule has 2 atom stereocenters. The molecule has 1 aromatic carbocycles. The van der Waals surface area contributed by atoms with Crippen LogP contribution in [0.15, 0.2) is 18.2 Å². The van der Waals surface area contributed by atoms with E-state index in [0.717, 1.165) is 44.2 Å². The lowest BCUT2D eigenvalue weighted by Crippen LogP contribution is -2.41. The second kappa shape index (κ2) is 7.55. The first-order valence-corrected chi connectivity index (χ1v) is 7.09. The van der Waals surface area contributed by atoms with Crippen LogP contribution in [0.5, 0.6) is 5.75 Å². The van der Waals surface area contributed by atoms with Gasteiger partial charge in [-0.05, 0) is 31.5 Å². The second-order valence-electron chi connectivity index (χ2n) is 5.07. The quantitative estimate of drug-likeness (QED) is 0.835. The molecule has 1 heterocycles. The lowest BCUT2D eigenvalue weighted by Gasteiger charge is -2.24. The summed E-state index contributed by atoms with van der Waals surface area (Å²) < 4.78 is 37.4. The molecule has 0 aliphatic carbocycles. The molecule has 0 aromatic heterocycles. The van der Waals surface area contributed by atoms with Gasteiger partial charge in [0.2, 0.25) is 0 Å². The molecule has 3 nitrogen and oxygen atoms in total. The molecule has 1 aromatic rings. The fourth-order valence-electron chi connectivity index (χ4n) is 2.33. The van der Waals surface area contributed by atoms with Crippen LogP contribution in [0.2, 0.25) is 0 Å². The highest BCUT2D eigenvalue weighted by molar-refractivity contribution is 5.24. The zero-order valence-corrected chi connectivity index (χ0v) is 11.7. The van der Waals surface area contributed by atoms with Crippen LogP contribution in [-0.4, -0.2) is 32.4 Å². The van der Waals surface area contributed by atoms with Gasteiger partial charge in [-0.15, -0.1) is 0 Å². The van der Waals surface area contributed by atoms with Crippen LogP contribution in [0.1, 0.15) is 19.8 Å². The van der Waals surface area contributed by atoms with Gasteiger partial charge in [0.1, 0.15) is 12.4 Å². The maximum absolute atomic E-state index is 13.5. The average Bonchev–Trinajstić information content (AvgIpc) is 2.96. The Morgan fingerprint density at radius 1 is 1.45 bits per heavy atom. The third-order valence-corrected chi connectivity index (χ3v) is 3.50. The van der Waals surface area contributed by atoms with Crippen molar-refractivity contribution >= 4 is 0 Å². The fraction of sp³-hybridized carbons (Fsp3) is 0.600. The van der Waals surface area contributed by atoms with Crippen molar-refractivity contribution in [2.75, 3.05) is 26.4 Å². The van der Waals surface area contributed by atoms with Gasteiger partial charge in [-0.25, -0.2) is 8.78 Å². The van der Waals surface area contributed by atoms with Crippen LogP contribution in [0.3, 0.4) is 0 Å². The van der Waals surface area contributed by atoms with E-state index in [2.05, 4.69) is 12.2 Å². The number of nitrogens with one attached hydrogen (secondary N) is 1. The Morgan fingerprint density at radius 2 is 2.30 bits per heavy atom. The third kappa shape index (κ3) is 4.15. The molecule has 0 bridgehead atoms. The molecule has 5 heteroatoms. The zero-order valence-electron chi connectivity index (χ0n) is 11.7. The molecule has 2 unspecified atom stereocenters. The predicted molar refractivity (Wildman–Crippen MR) is 72.9 cm³/mol. The van der Waals surface area contributed by atoms with Crippen molar-refractivity contribution < 1.29 is 18.3 Å². The number of hydrogen-bond acceptors (Lipinski definition) is 3.